The van der Waals surface area contributed by atoms with E-state index in [2.05, 4.69) is 0 Å². The van der Waals surface area contributed by atoms with E-state index >= 15 is 0 Å². The second-order valence-corrected chi connectivity index (χ2v) is 5.53. The number of para-hydroxylation sites is 1. The quantitative estimate of drug-likeness (QED) is 0.863. The molecule has 6 heteroatoms. The van der Waals surface area contributed by atoms with Crippen LogP contribution in [0.15, 0.2) is 47.4 Å². The monoisotopic (exact) mass is 297 g/mol. The van der Waals surface area contributed by atoms with Gasteiger partial charge in [0.15, 0.2) is 0 Å². The Bertz CT molecular complexity index is 597. The molecule has 0 amide bonds. The highest BCUT2D eigenvalue weighted by Crippen LogP contribution is 2.20. The first-order valence-electron chi connectivity index (χ1n) is 5.88. The Hall–Kier alpha value is -1.95. The molecule has 0 aliphatic carbocycles. The van der Waals surface area contributed by atoms with Crippen LogP contribution >= 0.6 is 0 Å². The number of hydrogen-bond donors (Lipinski definition) is 1. The van der Waals surface area contributed by atoms with Gasteiger partial charge in [0.25, 0.3) is 0 Å². The van der Waals surface area contributed by atoms with E-state index in [9.17, 15) is 13.0 Å². The van der Waals surface area contributed by atoms with Gasteiger partial charge in [-0.2, -0.15) is 0 Å². The molecule has 3 nitrogen and oxygen atoms in total. The summed E-state index contributed by atoms with van der Waals surface area (Å²) in [4.78, 5) is -0.462. The Morgan fingerprint density at radius 3 is 2.30 bits per heavy atom. The Labute approximate surface area is 117 Å². The fraction of sp³-hybridized carbons (Fsp3) is 0.143. The molecule has 0 heterocycles. The summed E-state index contributed by atoms with van der Waals surface area (Å²) in [6.45, 7) is 0.0971. The summed E-state index contributed by atoms with van der Waals surface area (Å²) in [5.74, 6) is -1.20. The number of nitrogen functional groups attached to an aromatic ring is 1. The Morgan fingerprint density at radius 1 is 1.10 bits per heavy atom. The third-order valence-corrected chi connectivity index (χ3v) is 3.91. The first-order valence-corrected chi connectivity index (χ1v) is 7.20. The lowest BCUT2D eigenvalue weighted by molar-refractivity contribution is 0.342. The summed E-state index contributed by atoms with van der Waals surface area (Å²) in [7, 11) is -1.82. The van der Waals surface area contributed by atoms with E-state index in [1.54, 1.807) is 24.3 Å². The molecule has 0 aliphatic rings. The molecule has 2 aromatic carbocycles. The highest BCUT2D eigenvalue weighted by atomic mass is 32.2. The molecule has 106 valence electrons. The molecule has 1 unspecified atom stereocenters. The van der Waals surface area contributed by atoms with Crippen molar-refractivity contribution in [1.29, 1.82) is 0 Å². The van der Waals surface area contributed by atoms with Crippen molar-refractivity contribution >= 4 is 16.5 Å². The maximum Gasteiger partial charge on any atom is 0.144 e. The van der Waals surface area contributed by atoms with Crippen LogP contribution in [0.5, 0.6) is 5.75 Å². The van der Waals surface area contributed by atoms with Gasteiger partial charge < -0.3 is 10.5 Å². The number of halogens is 2. The molecule has 0 saturated heterocycles. The summed E-state index contributed by atoms with van der Waals surface area (Å²) in [6, 6.07) is 10.8. The van der Waals surface area contributed by atoms with Crippen molar-refractivity contribution in [2.75, 3.05) is 18.1 Å². The summed E-state index contributed by atoms with van der Waals surface area (Å²) < 4.78 is 44.4. The van der Waals surface area contributed by atoms with Crippen molar-refractivity contribution in [3.8, 4) is 5.75 Å². The predicted octanol–water partition coefficient (Wildman–Crippen LogP) is 2.73. The van der Waals surface area contributed by atoms with Crippen molar-refractivity contribution in [2.24, 2.45) is 0 Å². The minimum atomic E-state index is -1.82. The third kappa shape index (κ3) is 3.54. The van der Waals surface area contributed by atoms with E-state index in [0.717, 1.165) is 12.1 Å². The normalized spacial score (nSPS) is 12.1. The Kier molecular flexibility index (Phi) is 4.68. The third-order valence-electron chi connectivity index (χ3n) is 2.53. The van der Waals surface area contributed by atoms with Crippen LogP contribution in [0.1, 0.15) is 0 Å². The summed E-state index contributed by atoms with van der Waals surface area (Å²) in [5.41, 5.74) is 5.26. The Morgan fingerprint density at radius 2 is 1.70 bits per heavy atom. The van der Waals surface area contributed by atoms with Gasteiger partial charge in [-0.1, -0.05) is 18.2 Å². The molecule has 20 heavy (non-hydrogen) atoms. The lowest BCUT2D eigenvalue weighted by atomic mass is 10.3. The van der Waals surface area contributed by atoms with E-state index in [4.69, 9.17) is 10.5 Å². The van der Waals surface area contributed by atoms with Crippen molar-refractivity contribution in [3.63, 3.8) is 0 Å². The van der Waals surface area contributed by atoms with Gasteiger partial charge in [0.1, 0.15) is 28.9 Å². The molecule has 2 N–H and O–H groups in total. The molecule has 0 saturated carbocycles. The molecule has 0 radical (unpaired) electrons. The number of nitrogens with two attached hydrogens (primary N) is 1. The van der Waals surface area contributed by atoms with Gasteiger partial charge in [0.05, 0.1) is 16.6 Å². The standard InChI is InChI=1S/C14H13F2NO2S/c15-12-8-10(17)9-13(16)14(12)20(18)7-6-19-11-4-2-1-3-5-11/h1-5,8-9H,6-7,17H2. The summed E-state index contributed by atoms with van der Waals surface area (Å²) in [5, 5.41) is 0. The van der Waals surface area contributed by atoms with E-state index in [1.165, 1.54) is 0 Å². The largest absolute Gasteiger partial charge is 0.493 e. The maximum absolute atomic E-state index is 13.6. The second kappa shape index (κ2) is 6.47. The van der Waals surface area contributed by atoms with E-state index in [-0.39, 0.29) is 18.0 Å². The molecule has 2 rings (SSSR count). The van der Waals surface area contributed by atoms with Gasteiger partial charge in [0, 0.05) is 5.69 Å². The molecule has 0 aromatic heterocycles. The Balaban J connectivity index is 1.99. The number of ether oxygens (including phenoxy) is 1. The second-order valence-electron chi connectivity index (χ2n) is 4.02. The van der Waals surface area contributed by atoms with Crippen LogP contribution in [0.25, 0.3) is 0 Å². The van der Waals surface area contributed by atoms with Gasteiger partial charge in [-0.05, 0) is 24.3 Å². The molecular weight excluding hydrogens is 284 g/mol. The highest BCUT2D eigenvalue weighted by molar-refractivity contribution is 7.85. The van der Waals surface area contributed by atoms with Crippen LogP contribution < -0.4 is 10.5 Å². The van der Waals surface area contributed by atoms with Crippen LogP contribution in [0.2, 0.25) is 0 Å². The molecule has 0 bridgehead atoms. The van der Waals surface area contributed by atoms with Crippen LogP contribution in [0, 0.1) is 11.6 Å². The van der Waals surface area contributed by atoms with E-state index < -0.39 is 27.3 Å². The maximum atomic E-state index is 13.6. The first-order chi connectivity index (χ1) is 9.58. The highest BCUT2D eigenvalue weighted by Gasteiger charge is 2.16. The van der Waals surface area contributed by atoms with Crippen molar-refractivity contribution in [1.82, 2.24) is 0 Å². The molecule has 1 atom stereocenters. The van der Waals surface area contributed by atoms with Gasteiger partial charge in [0.2, 0.25) is 0 Å². The topological polar surface area (TPSA) is 52.3 Å². The van der Waals surface area contributed by atoms with Crippen LogP contribution in [-0.4, -0.2) is 16.6 Å². The molecule has 0 spiro atoms. The fourth-order valence-corrected chi connectivity index (χ4v) is 2.64. The average Bonchev–Trinajstić information content (AvgIpc) is 2.38. The van der Waals surface area contributed by atoms with Crippen LogP contribution in [0.3, 0.4) is 0 Å². The number of hydrogen-bond acceptors (Lipinski definition) is 3. The minimum absolute atomic E-state index is 0.00729. The zero-order valence-corrected chi connectivity index (χ0v) is 11.3. The predicted molar refractivity (Wildman–Crippen MR) is 74.0 cm³/mol. The molecule has 0 aliphatic heterocycles. The van der Waals surface area contributed by atoms with Gasteiger partial charge >= 0.3 is 0 Å². The zero-order valence-electron chi connectivity index (χ0n) is 10.5. The van der Waals surface area contributed by atoms with Crippen molar-refractivity contribution < 1.29 is 17.7 Å². The minimum Gasteiger partial charge on any atom is -0.493 e. The molecule has 2 aromatic rings. The van der Waals surface area contributed by atoms with E-state index in [1.807, 2.05) is 6.07 Å². The van der Waals surface area contributed by atoms with E-state index in [0.29, 0.717) is 5.75 Å². The number of benzene rings is 2. The summed E-state index contributed by atoms with van der Waals surface area (Å²) >= 11 is 0. The SMILES string of the molecule is Nc1cc(F)c(S(=O)CCOc2ccccc2)c(F)c1. The first kappa shape index (κ1) is 14.5. The van der Waals surface area contributed by atoms with Gasteiger partial charge in [-0.3, -0.25) is 4.21 Å². The fourth-order valence-electron chi connectivity index (χ4n) is 1.65. The lowest BCUT2D eigenvalue weighted by Gasteiger charge is -2.08. The van der Waals surface area contributed by atoms with Crippen molar-refractivity contribution in [3.05, 3.63) is 54.1 Å². The number of anilines is 1. The molecular formula is C14H13F2NO2S. The summed E-state index contributed by atoms with van der Waals surface area (Å²) in [6.07, 6.45) is 0. The van der Waals surface area contributed by atoms with Crippen LogP contribution in [-0.2, 0) is 10.8 Å². The van der Waals surface area contributed by atoms with Gasteiger partial charge in [-0.15, -0.1) is 0 Å². The molecule has 0 fully saturated rings. The number of rotatable bonds is 5. The lowest BCUT2D eigenvalue weighted by Crippen LogP contribution is -2.11. The average molecular weight is 297 g/mol. The van der Waals surface area contributed by atoms with Gasteiger partial charge in [-0.25, -0.2) is 8.78 Å². The van der Waals surface area contributed by atoms with Crippen molar-refractivity contribution in [2.45, 2.75) is 4.90 Å². The zero-order chi connectivity index (χ0) is 14.5. The smallest absolute Gasteiger partial charge is 0.144 e. The van der Waals surface area contributed by atoms with Crippen LogP contribution in [0.4, 0.5) is 14.5 Å².